The van der Waals surface area contributed by atoms with Crippen molar-refractivity contribution in [2.24, 2.45) is 0 Å². The molecule has 0 atom stereocenters. The third-order valence-electron chi connectivity index (χ3n) is 2.68. The van der Waals surface area contributed by atoms with Gasteiger partial charge in [0.2, 0.25) is 0 Å². The molecule has 0 aromatic heterocycles. The molecule has 0 radical (unpaired) electrons. The predicted molar refractivity (Wildman–Crippen MR) is 72.4 cm³/mol. The van der Waals surface area contributed by atoms with Crippen LogP contribution in [0.4, 0.5) is 0 Å². The van der Waals surface area contributed by atoms with Gasteiger partial charge in [-0.1, -0.05) is 48.9 Å². The number of rotatable bonds is 4. The number of ether oxygens (including phenoxy) is 1. The topological polar surface area (TPSA) is 9.23 Å². The Morgan fingerprint density at radius 1 is 0.941 bits per heavy atom. The van der Waals surface area contributed by atoms with Crippen LogP contribution in [-0.2, 0) is 0 Å². The quantitative estimate of drug-likeness (QED) is 0.748. The van der Waals surface area contributed by atoms with Gasteiger partial charge in [0.15, 0.2) is 0 Å². The maximum atomic E-state index is 5.57. The van der Waals surface area contributed by atoms with Crippen molar-refractivity contribution in [3.8, 4) is 16.9 Å². The first kappa shape index (κ1) is 11.7. The third-order valence-corrected chi connectivity index (χ3v) is 2.68. The molecule has 0 aliphatic heterocycles. The molecule has 17 heavy (non-hydrogen) atoms. The highest BCUT2D eigenvalue weighted by Crippen LogP contribution is 2.23. The monoisotopic (exact) mass is 226 g/mol. The number of hydrogen-bond acceptors (Lipinski definition) is 1. The molecule has 1 heteroatoms. The molecule has 0 amide bonds. The molecule has 0 spiro atoms. The van der Waals surface area contributed by atoms with Crippen LogP contribution >= 0.6 is 0 Å². The summed E-state index contributed by atoms with van der Waals surface area (Å²) < 4.78 is 5.57. The van der Waals surface area contributed by atoms with Gasteiger partial charge >= 0.3 is 0 Å². The van der Waals surface area contributed by atoms with Crippen LogP contribution in [0.25, 0.3) is 11.1 Å². The average molecular weight is 226 g/mol. The molecule has 2 aromatic carbocycles. The van der Waals surface area contributed by atoms with Crippen LogP contribution in [-0.4, -0.2) is 6.61 Å². The summed E-state index contributed by atoms with van der Waals surface area (Å²) in [7, 11) is 0. The van der Waals surface area contributed by atoms with E-state index in [1.807, 2.05) is 12.1 Å². The molecule has 0 heterocycles. The molecule has 0 unspecified atom stereocenters. The van der Waals surface area contributed by atoms with Gasteiger partial charge in [-0.3, -0.25) is 0 Å². The largest absolute Gasteiger partial charge is 0.494 e. The fourth-order valence-electron chi connectivity index (χ4n) is 1.79. The Labute approximate surface area is 103 Å². The summed E-state index contributed by atoms with van der Waals surface area (Å²) >= 11 is 0. The maximum absolute atomic E-state index is 5.57. The summed E-state index contributed by atoms with van der Waals surface area (Å²) in [6.07, 6.45) is 1.04. The van der Waals surface area contributed by atoms with Gasteiger partial charge in [-0.05, 0) is 36.6 Å². The molecule has 2 aromatic rings. The lowest BCUT2D eigenvalue weighted by atomic mass is 10.0. The maximum Gasteiger partial charge on any atom is 0.119 e. The lowest BCUT2D eigenvalue weighted by Crippen LogP contribution is -1.94. The molecule has 0 aliphatic carbocycles. The first-order valence-electron chi connectivity index (χ1n) is 6.09. The van der Waals surface area contributed by atoms with Crippen molar-refractivity contribution in [3.05, 3.63) is 54.1 Å². The normalized spacial score (nSPS) is 10.2. The fourth-order valence-corrected chi connectivity index (χ4v) is 1.79. The van der Waals surface area contributed by atoms with Crippen LogP contribution in [0.5, 0.6) is 5.75 Å². The van der Waals surface area contributed by atoms with Crippen molar-refractivity contribution < 1.29 is 4.74 Å². The van der Waals surface area contributed by atoms with E-state index in [0.29, 0.717) is 0 Å². The van der Waals surface area contributed by atoms with E-state index in [2.05, 4.69) is 50.2 Å². The molecular weight excluding hydrogens is 208 g/mol. The zero-order valence-corrected chi connectivity index (χ0v) is 10.4. The Kier molecular flexibility index (Phi) is 3.81. The summed E-state index contributed by atoms with van der Waals surface area (Å²) in [5.74, 6) is 0.947. The Balaban J connectivity index is 2.17. The predicted octanol–water partition coefficient (Wildman–Crippen LogP) is 4.45. The van der Waals surface area contributed by atoms with E-state index in [9.17, 15) is 0 Å². The van der Waals surface area contributed by atoms with E-state index in [0.717, 1.165) is 18.8 Å². The second kappa shape index (κ2) is 5.53. The number of benzene rings is 2. The van der Waals surface area contributed by atoms with Gasteiger partial charge in [-0.15, -0.1) is 0 Å². The Bertz CT molecular complexity index is 471. The lowest BCUT2D eigenvalue weighted by molar-refractivity contribution is 0.317. The second-order valence-electron chi connectivity index (χ2n) is 4.24. The lowest BCUT2D eigenvalue weighted by Gasteiger charge is -2.06. The average Bonchev–Trinajstić information content (AvgIpc) is 2.37. The van der Waals surface area contributed by atoms with Gasteiger partial charge in [0.1, 0.15) is 5.75 Å². The standard InChI is InChI=1S/C16H18O/c1-3-11-17-16-9-7-14(8-10-16)15-6-4-5-13(2)12-15/h4-10,12H,3,11H2,1-2H3. The van der Waals surface area contributed by atoms with Crippen LogP contribution in [0.15, 0.2) is 48.5 Å². The first-order valence-corrected chi connectivity index (χ1v) is 6.09. The van der Waals surface area contributed by atoms with E-state index in [4.69, 9.17) is 4.74 Å². The van der Waals surface area contributed by atoms with Gasteiger partial charge < -0.3 is 4.74 Å². The van der Waals surface area contributed by atoms with Gasteiger partial charge in [0.05, 0.1) is 6.61 Å². The van der Waals surface area contributed by atoms with Crippen molar-refractivity contribution >= 4 is 0 Å². The van der Waals surface area contributed by atoms with Crippen LogP contribution in [0, 0.1) is 6.92 Å². The van der Waals surface area contributed by atoms with Crippen molar-refractivity contribution in [3.63, 3.8) is 0 Å². The highest BCUT2D eigenvalue weighted by atomic mass is 16.5. The van der Waals surface area contributed by atoms with Crippen LogP contribution in [0.3, 0.4) is 0 Å². The van der Waals surface area contributed by atoms with Gasteiger partial charge in [0.25, 0.3) is 0 Å². The van der Waals surface area contributed by atoms with Crippen LogP contribution in [0.2, 0.25) is 0 Å². The van der Waals surface area contributed by atoms with E-state index in [-0.39, 0.29) is 0 Å². The van der Waals surface area contributed by atoms with Crippen LogP contribution < -0.4 is 4.74 Å². The molecule has 2 rings (SSSR count). The van der Waals surface area contributed by atoms with Gasteiger partial charge in [-0.2, -0.15) is 0 Å². The zero-order chi connectivity index (χ0) is 12.1. The third kappa shape index (κ3) is 3.10. The number of aryl methyl sites for hydroxylation is 1. The van der Waals surface area contributed by atoms with E-state index >= 15 is 0 Å². The smallest absolute Gasteiger partial charge is 0.119 e. The summed E-state index contributed by atoms with van der Waals surface area (Å²) in [5, 5.41) is 0. The minimum Gasteiger partial charge on any atom is -0.494 e. The first-order chi connectivity index (χ1) is 8.29. The highest BCUT2D eigenvalue weighted by Gasteiger charge is 1.98. The summed E-state index contributed by atoms with van der Waals surface area (Å²) in [4.78, 5) is 0. The van der Waals surface area contributed by atoms with E-state index in [1.165, 1.54) is 16.7 Å². The molecular formula is C16H18O. The fraction of sp³-hybridized carbons (Fsp3) is 0.250. The molecule has 88 valence electrons. The zero-order valence-electron chi connectivity index (χ0n) is 10.4. The van der Waals surface area contributed by atoms with Crippen molar-refractivity contribution in [2.45, 2.75) is 20.3 Å². The Hall–Kier alpha value is -1.76. The minimum absolute atomic E-state index is 0.782. The number of hydrogen-bond donors (Lipinski definition) is 0. The van der Waals surface area contributed by atoms with Crippen molar-refractivity contribution in [1.29, 1.82) is 0 Å². The van der Waals surface area contributed by atoms with E-state index in [1.54, 1.807) is 0 Å². The molecule has 0 N–H and O–H groups in total. The molecule has 0 aliphatic rings. The Morgan fingerprint density at radius 2 is 1.71 bits per heavy atom. The van der Waals surface area contributed by atoms with Crippen molar-refractivity contribution in [1.82, 2.24) is 0 Å². The minimum atomic E-state index is 0.782. The molecule has 0 saturated heterocycles. The highest BCUT2D eigenvalue weighted by molar-refractivity contribution is 5.64. The SMILES string of the molecule is CCCOc1ccc(-c2cccc(C)c2)cc1. The second-order valence-corrected chi connectivity index (χ2v) is 4.24. The van der Waals surface area contributed by atoms with Gasteiger partial charge in [0, 0.05) is 0 Å². The molecule has 0 fully saturated rings. The van der Waals surface area contributed by atoms with Crippen molar-refractivity contribution in [2.75, 3.05) is 6.61 Å². The molecule has 1 nitrogen and oxygen atoms in total. The summed E-state index contributed by atoms with van der Waals surface area (Å²) in [6, 6.07) is 16.8. The summed E-state index contributed by atoms with van der Waals surface area (Å²) in [6.45, 7) is 5.01. The van der Waals surface area contributed by atoms with Gasteiger partial charge in [-0.25, -0.2) is 0 Å². The summed E-state index contributed by atoms with van der Waals surface area (Å²) in [5.41, 5.74) is 3.78. The Morgan fingerprint density at radius 3 is 2.35 bits per heavy atom. The van der Waals surface area contributed by atoms with E-state index < -0.39 is 0 Å². The van der Waals surface area contributed by atoms with Crippen LogP contribution in [0.1, 0.15) is 18.9 Å². The molecule has 0 bridgehead atoms. The molecule has 0 saturated carbocycles.